The van der Waals surface area contributed by atoms with E-state index in [0.717, 1.165) is 11.8 Å². The van der Waals surface area contributed by atoms with Gasteiger partial charge < -0.3 is 16.4 Å². The van der Waals surface area contributed by atoms with Crippen LogP contribution in [0.1, 0.15) is 5.56 Å². The standard InChI is InChI=1S/C13H13FN4O/c14-11-8-16-6-5-12(11)18-13(19)17-10-3-1-9(7-15)2-4-10/h1-6,8H,7,15H2,(H2,16,17,18,19). The molecule has 0 spiro atoms. The molecule has 0 atom stereocenters. The number of nitrogens with zero attached hydrogens (tertiary/aromatic N) is 1. The summed E-state index contributed by atoms with van der Waals surface area (Å²) in [5.41, 5.74) is 7.11. The Kier molecular flexibility index (Phi) is 4.04. The summed E-state index contributed by atoms with van der Waals surface area (Å²) in [7, 11) is 0. The summed E-state index contributed by atoms with van der Waals surface area (Å²) in [4.78, 5) is 15.3. The average Bonchev–Trinajstić information content (AvgIpc) is 2.42. The predicted molar refractivity (Wildman–Crippen MR) is 71.2 cm³/mol. The molecule has 1 heterocycles. The Bertz CT molecular complexity index is 571. The quantitative estimate of drug-likeness (QED) is 0.792. The highest BCUT2D eigenvalue weighted by atomic mass is 19.1. The Morgan fingerprint density at radius 3 is 2.58 bits per heavy atom. The van der Waals surface area contributed by atoms with Gasteiger partial charge in [0.15, 0.2) is 5.82 Å². The van der Waals surface area contributed by atoms with Crippen molar-refractivity contribution in [2.75, 3.05) is 10.6 Å². The first kappa shape index (κ1) is 13.0. The number of hydrogen-bond donors (Lipinski definition) is 3. The molecule has 2 aromatic rings. The Morgan fingerprint density at radius 1 is 1.21 bits per heavy atom. The van der Waals surface area contributed by atoms with Crippen LogP contribution in [0.25, 0.3) is 0 Å². The molecule has 6 heteroatoms. The summed E-state index contributed by atoms with van der Waals surface area (Å²) in [6.45, 7) is 0.439. The van der Waals surface area contributed by atoms with Gasteiger partial charge in [-0.15, -0.1) is 0 Å². The third kappa shape index (κ3) is 3.49. The molecule has 19 heavy (non-hydrogen) atoms. The van der Waals surface area contributed by atoms with Gasteiger partial charge in [0.2, 0.25) is 0 Å². The van der Waals surface area contributed by atoms with Crippen LogP contribution in [0.2, 0.25) is 0 Å². The lowest BCUT2D eigenvalue weighted by molar-refractivity contribution is 0.262. The molecule has 0 aliphatic rings. The smallest absolute Gasteiger partial charge is 0.323 e. The lowest BCUT2D eigenvalue weighted by atomic mass is 10.2. The maximum Gasteiger partial charge on any atom is 0.323 e. The van der Waals surface area contributed by atoms with Crippen molar-refractivity contribution in [3.63, 3.8) is 0 Å². The molecule has 0 aliphatic heterocycles. The van der Waals surface area contributed by atoms with Crippen molar-refractivity contribution >= 4 is 17.4 Å². The number of amides is 2. The largest absolute Gasteiger partial charge is 0.326 e. The molecule has 0 unspecified atom stereocenters. The minimum absolute atomic E-state index is 0.0751. The zero-order valence-corrected chi connectivity index (χ0v) is 10.1. The number of benzene rings is 1. The predicted octanol–water partition coefficient (Wildman–Crippen LogP) is 2.32. The molecule has 1 aromatic carbocycles. The Balaban J connectivity index is 1.99. The van der Waals surface area contributed by atoms with Gasteiger partial charge in [0.05, 0.1) is 11.9 Å². The summed E-state index contributed by atoms with van der Waals surface area (Å²) in [6, 6.07) is 7.93. The molecule has 0 saturated carbocycles. The van der Waals surface area contributed by atoms with Gasteiger partial charge in [0, 0.05) is 18.4 Å². The number of nitrogens with two attached hydrogens (primary N) is 1. The summed E-state index contributed by atoms with van der Waals surface area (Å²) in [5.74, 6) is -0.587. The van der Waals surface area contributed by atoms with E-state index >= 15 is 0 Å². The number of carbonyl (C=O) groups is 1. The first-order valence-corrected chi connectivity index (χ1v) is 5.65. The fourth-order valence-corrected chi connectivity index (χ4v) is 1.49. The molecule has 5 nitrogen and oxygen atoms in total. The summed E-state index contributed by atoms with van der Waals surface area (Å²) < 4.78 is 13.3. The van der Waals surface area contributed by atoms with E-state index in [4.69, 9.17) is 5.73 Å². The van der Waals surface area contributed by atoms with E-state index in [1.54, 1.807) is 12.1 Å². The summed E-state index contributed by atoms with van der Waals surface area (Å²) in [6.07, 6.45) is 2.43. The fraction of sp³-hybridized carbons (Fsp3) is 0.0769. The molecule has 98 valence electrons. The Morgan fingerprint density at radius 2 is 1.95 bits per heavy atom. The minimum atomic E-state index is -0.587. The van der Waals surface area contributed by atoms with Crippen LogP contribution in [-0.2, 0) is 6.54 Å². The number of pyridine rings is 1. The van der Waals surface area contributed by atoms with Crippen LogP contribution in [-0.4, -0.2) is 11.0 Å². The lowest BCUT2D eigenvalue weighted by Gasteiger charge is -2.08. The van der Waals surface area contributed by atoms with E-state index in [1.165, 1.54) is 12.3 Å². The molecule has 2 rings (SSSR count). The van der Waals surface area contributed by atoms with Crippen molar-refractivity contribution in [3.8, 4) is 0 Å². The van der Waals surface area contributed by atoms with E-state index in [0.29, 0.717) is 12.2 Å². The van der Waals surface area contributed by atoms with Gasteiger partial charge in [0.1, 0.15) is 0 Å². The molecular weight excluding hydrogens is 247 g/mol. The number of nitrogens with one attached hydrogen (secondary N) is 2. The summed E-state index contributed by atoms with van der Waals surface area (Å²) in [5, 5.41) is 4.99. The van der Waals surface area contributed by atoms with Crippen LogP contribution in [0.15, 0.2) is 42.7 Å². The molecule has 4 N–H and O–H groups in total. The number of hydrogen-bond acceptors (Lipinski definition) is 3. The highest BCUT2D eigenvalue weighted by Gasteiger charge is 2.06. The van der Waals surface area contributed by atoms with Crippen LogP contribution in [0.5, 0.6) is 0 Å². The molecule has 2 amide bonds. The van der Waals surface area contributed by atoms with Gasteiger partial charge in [-0.3, -0.25) is 4.98 Å². The number of rotatable bonds is 3. The molecule has 0 aliphatic carbocycles. The number of carbonyl (C=O) groups excluding carboxylic acids is 1. The van der Waals surface area contributed by atoms with Gasteiger partial charge in [0.25, 0.3) is 0 Å². The maximum absolute atomic E-state index is 13.3. The van der Waals surface area contributed by atoms with E-state index in [-0.39, 0.29) is 5.69 Å². The third-order valence-corrected chi connectivity index (χ3v) is 2.47. The molecule has 0 bridgehead atoms. The first-order valence-electron chi connectivity index (χ1n) is 5.65. The van der Waals surface area contributed by atoms with Gasteiger partial charge in [-0.25, -0.2) is 9.18 Å². The van der Waals surface area contributed by atoms with Crippen molar-refractivity contribution in [1.29, 1.82) is 0 Å². The highest BCUT2D eigenvalue weighted by Crippen LogP contribution is 2.13. The fourth-order valence-electron chi connectivity index (χ4n) is 1.49. The van der Waals surface area contributed by atoms with Gasteiger partial charge in [-0.05, 0) is 23.8 Å². The van der Waals surface area contributed by atoms with Gasteiger partial charge >= 0.3 is 6.03 Å². The van der Waals surface area contributed by atoms with Crippen LogP contribution in [0, 0.1) is 5.82 Å². The Hall–Kier alpha value is -2.47. The van der Waals surface area contributed by atoms with Gasteiger partial charge in [-0.1, -0.05) is 12.1 Å². The second-order valence-electron chi connectivity index (χ2n) is 3.84. The third-order valence-electron chi connectivity index (χ3n) is 2.47. The monoisotopic (exact) mass is 260 g/mol. The minimum Gasteiger partial charge on any atom is -0.326 e. The lowest BCUT2D eigenvalue weighted by Crippen LogP contribution is -2.20. The second kappa shape index (κ2) is 5.92. The van der Waals surface area contributed by atoms with Crippen LogP contribution in [0.3, 0.4) is 0 Å². The number of aromatic nitrogens is 1. The van der Waals surface area contributed by atoms with Gasteiger partial charge in [-0.2, -0.15) is 0 Å². The maximum atomic E-state index is 13.3. The zero-order chi connectivity index (χ0) is 13.7. The normalized spacial score (nSPS) is 10.0. The van der Waals surface area contributed by atoms with E-state index in [1.807, 2.05) is 12.1 Å². The number of anilines is 2. The van der Waals surface area contributed by atoms with Crippen molar-refractivity contribution < 1.29 is 9.18 Å². The first-order chi connectivity index (χ1) is 9.19. The van der Waals surface area contributed by atoms with Crippen molar-refractivity contribution in [1.82, 2.24) is 4.98 Å². The van der Waals surface area contributed by atoms with Crippen LogP contribution < -0.4 is 16.4 Å². The second-order valence-corrected chi connectivity index (χ2v) is 3.84. The van der Waals surface area contributed by atoms with E-state index < -0.39 is 11.8 Å². The number of urea groups is 1. The topological polar surface area (TPSA) is 80.0 Å². The van der Waals surface area contributed by atoms with Crippen LogP contribution in [0.4, 0.5) is 20.6 Å². The highest BCUT2D eigenvalue weighted by molar-refractivity contribution is 5.99. The molecule has 0 fully saturated rings. The Labute approximate surface area is 109 Å². The van der Waals surface area contributed by atoms with Crippen LogP contribution >= 0.6 is 0 Å². The zero-order valence-electron chi connectivity index (χ0n) is 10.1. The van der Waals surface area contributed by atoms with Crippen molar-refractivity contribution in [2.45, 2.75) is 6.54 Å². The van der Waals surface area contributed by atoms with Crippen molar-refractivity contribution in [3.05, 3.63) is 54.1 Å². The number of halogens is 1. The molecule has 1 aromatic heterocycles. The van der Waals surface area contributed by atoms with Crippen molar-refractivity contribution in [2.24, 2.45) is 5.73 Å². The summed E-state index contributed by atoms with van der Waals surface area (Å²) >= 11 is 0. The van der Waals surface area contributed by atoms with E-state index in [2.05, 4.69) is 15.6 Å². The molecule has 0 saturated heterocycles. The average molecular weight is 260 g/mol. The SMILES string of the molecule is NCc1ccc(NC(=O)Nc2ccncc2F)cc1. The molecule has 0 radical (unpaired) electrons. The molecular formula is C13H13FN4O. The van der Waals surface area contributed by atoms with E-state index in [9.17, 15) is 9.18 Å².